The van der Waals surface area contributed by atoms with Crippen molar-refractivity contribution in [2.75, 3.05) is 7.11 Å². The van der Waals surface area contributed by atoms with Crippen LogP contribution in [-0.4, -0.2) is 12.2 Å². The summed E-state index contributed by atoms with van der Waals surface area (Å²) in [5, 5.41) is 9.72. The molecule has 3 nitrogen and oxygen atoms in total. The topological polar surface area (TPSA) is 55.5 Å². The zero-order valence-electron chi connectivity index (χ0n) is 7.88. The van der Waals surface area contributed by atoms with Gasteiger partial charge < -0.3 is 15.6 Å². The van der Waals surface area contributed by atoms with Gasteiger partial charge in [0, 0.05) is 11.1 Å². The fraction of sp³-hybridized carbons (Fsp3) is 0.400. The van der Waals surface area contributed by atoms with E-state index in [0.29, 0.717) is 5.75 Å². The molecule has 0 amide bonds. The Morgan fingerprint density at radius 1 is 1.50 bits per heavy atom. The molecule has 0 aromatic heterocycles. The van der Waals surface area contributed by atoms with E-state index in [1.54, 1.807) is 19.2 Å². The van der Waals surface area contributed by atoms with E-state index in [-0.39, 0.29) is 11.3 Å². The Labute approximate surface area is 91.0 Å². The van der Waals surface area contributed by atoms with Crippen molar-refractivity contribution < 1.29 is 9.84 Å². The summed E-state index contributed by atoms with van der Waals surface area (Å²) in [5.41, 5.74) is 6.44. The second-order valence-electron chi connectivity index (χ2n) is 3.63. The predicted octanol–water partition coefficient (Wildman–Crippen LogP) is 2.11. The third-order valence-corrected chi connectivity index (χ3v) is 3.38. The lowest BCUT2D eigenvalue weighted by atomic mass is 10.0. The Morgan fingerprint density at radius 3 is 2.64 bits per heavy atom. The number of phenols is 1. The Morgan fingerprint density at radius 2 is 2.14 bits per heavy atom. The van der Waals surface area contributed by atoms with Crippen molar-refractivity contribution in [1.82, 2.24) is 0 Å². The summed E-state index contributed by atoms with van der Waals surface area (Å²) in [7, 11) is 1.59. The van der Waals surface area contributed by atoms with Gasteiger partial charge in [-0.15, -0.1) is 0 Å². The van der Waals surface area contributed by atoms with Crippen LogP contribution in [0.4, 0.5) is 0 Å². The molecule has 1 fully saturated rings. The highest BCUT2D eigenvalue weighted by molar-refractivity contribution is 9.10. The summed E-state index contributed by atoms with van der Waals surface area (Å²) in [4.78, 5) is 0. The Kier molecular flexibility index (Phi) is 2.20. The van der Waals surface area contributed by atoms with Crippen molar-refractivity contribution in [2.45, 2.75) is 18.4 Å². The molecule has 0 radical (unpaired) electrons. The van der Waals surface area contributed by atoms with Gasteiger partial charge in [0.2, 0.25) is 0 Å². The van der Waals surface area contributed by atoms with Crippen LogP contribution in [-0.2, 0) is 5.54 Å². The number of benzene rings is 1. The van der Waals surface area contributed by atoms with Gasteiger partial charge in [0.1, 0.15) is 11.5 Å². The molecule has 3 N–H and O–H groups in total. The number of hydrogen-bond donors (Lipinski definition) is 2. The molecular weight excluding hydrogens is 246 g/mol. The van der Waals surface area contributed by atoms with Crippen molar-refractivity contribution in [2.24, 2.45) is 5.73 Å². The van der Waals surface area contributed by atoms with Gasteiger partial charge in [-0.25, -0.2) is 0 Å². The number of aromatic hydroxyl groups is 1. The van der Waals surface area contributed by atoms with E-state index in [1.165, 1.54) is 0 Å². The van der Waals surface area contributed by atoms with E-state index in [1.807, 2.05) is 0 Å². The van der Waals surface area contributed by atoms with E-state index >= 15 is 0 Å². The first-order chi connectivity index (χ1) is 6.58. The summed E-state index contributed by atoms with van der Waals surface area (Å²) in [6, 6.07) is 3.33. The van der Waals surface area contributed by atoms with Crippen LogP contribution in [0.25, 0.3) is 0 Å². The van der Waals surface area contributed by atoms with Gasteiger partial charge in [-0.3, -0.25) is 0 Å². The van der Waals surface area contributed by atoms with Gasteiger partial charge >= 0.3 is 0 Å². The van der Waals surface area contributed by atoms with E-state index in [4.69, 9.17) is 10.5 Å². The molecule has 4 heteroatoms. The molecule has 0 unspecified atom stereocenters. The zero-order chi connectivity index (χ0) is 10.3. The first kappa shape index (κ1) is 9.80. The molecule has 1 aliphatic carbocycles. The third kappa shape index (κ3) is 1.38. The Hall–Kier alpha value is -0.740. The quantitative estimate of drug-likeness (QED) is 0.854. The molecule has 1 aromatic rings. The predicted molar refractivity (Wildman–Crippen MR) is 57.5 cm³/mol. The van der Waals surface area contributed by atoms with E-state index in [0.717, 1.165) is 22.9 Å². The largest absolute Gasteiger partial charge is 0.508 e. The van der Waals surface area contributed by atoms with Crippen LogP contribution in [0.2, 0.25) is 0 Å². The van der Waals surface area contributed by atoms with Crippen molar-refractivity contribution in [3.05, 3.63) is 22.2 Å². The lowest BCUT2D eigenvalue weighted by Crippen LogP contribution is -2.19. The average molecular weight is 258 g/mol. The van der Waals surface area contributed by atoms with Gasteiger partial charge in [-0.05, 0) is 40.9 Å². The number of halogens is 1. The molecule has 76 valence electrons. The SMILES string of the molecule is COc1ccc(O)c(C2(N)CC2)c1Br. The molecule has 0 heterocycles. The first-order valence-corrected chi connectivity index (χ1v) is 5.22. The zero-order valence-corrected chi connectivity index (χ0v) is 9.47. The molecule has 0 aliphatic heterocycles. The summed E-state index contributed by atoms with van der Waals surface area (Å²) in [6.45, 7) is 0. The smallest absolute Gasteiger partial charge is 0.133 e. The molecule has 14 heavy (non-hydrogen) atoms. The normalized spacial score (nSPS) is 17.9. The molecule has 1 aromatic carbocycles. The van der Waals surface area contributed by atoms with Crippen molar-refractivity contribution in [3.8, 4) is 11.5 Å². The minimum Gasteiger partial charge on any atom is -0.508 e. The number of phenolic OH excluding ortho intramolecular Hbond substituents is 1. The van der Waals surface area contributed by atoms with Crippen LogP contribution >= 0.6 is 15.9 Å². The second kappa shape index (κ2) is 3.14. The average Bonchev–Trinajstić information content (AvgIpc) is 2.85. The fourth-order valence-corrected chi connectivity index (χ4v) is 2.45. The van der Waals surface area contributed by atoms with Crippen molar-refractivity contribution in [1.29, 1.82) is 0 Å². The summed E-state index contributed by atoms with van der Waals surface area (Å²) < 4.78 is 5.91. The van der Waals surface area contributed by atoms with Crippen molar-refractivity contribution in [3.63, 3.8) is 0 Å². The maximum Gasteiger partial charge on any atom is 0.133 e. The van der Waals surface area contributed by atoms with Gasteiger partial charge in [0.15, 0.2) is 0 Å². The number of hydrogen-bond acceptors (Lipinski definition) is 3. The Balaban J connectivity index is 2.56. The molecule has 1 saturated carbocycles. The fourth-order valence-electron chi connectivity index (χ4n) is 1.56. The molecule has 1 aliphatic rings. The van der Waals surface area contributed by atoms with Crippen LogP contribution in [0.3, 0.4) is 0 Å². The number of nitrogens with two attached hydrogens (primary N) is 1. The van der Waals surface area contributed by atoms with E-state index in [9.17, 15) is 5.11 Å². The van der Waals surface area contributed by atoms with Crippen LogP contribution in [0, 0.1) is 0 Å². The summed E-state index contributed by atoms with van der Waals surface area (Å²) >= 11 is 3.40. The lowest BCUT2D eigenvalue weighted by Gasteiger charge is -2.15. The highest BCUT2D eigenvalue weighted by Crippen LogP contribution is 2.51. The standard InChI is InChI=1S/C10H12BrNO2/c1-14-7-3-2-6(13)8(9(7)11)10(12)4-5-10/h2-3,13H,4-5,12H2,1H3. The maximum absolute atomic E-state index is 9.72. The van der Waals surface area contributed by atoms with Crippen LogP contribution in [0.5, 0.6) is 11.5 Å². The molecule has 0 atom stereocenters. The second-order valence-corrected chi connectivity index (χ2v) is 4.43. The highest BCUT2D eigenvalue weighted by Gasteiger charge is 2.44. The van der Waals surface area contributed by atoms with Crippen LogP contribution in [0.15, 0.2) is 16.6 Å². The highest BCUT2D eigenvalue weighted by atomic mass is 79.9. The number of methoxy groups -OCH3 is 1. The first-order valence-electron chi connectivity index (χ1n) is 4.43. The third-order valence-electron chi connectivity index (χ3n) is 2.59. The van der Waals surface area contributed by atoms with Crippen LogP contribution in [0.1, 0.15) is 18.4 Å². The van der Waals surface area contributed by atoms with Gasteiger partial charge in [-0.2, -0.15) is 0 Å². The molecule has 0 saturated heterocycles. The number of rotatable bonds is 2. The Bertz CT molecular complexity index is 375. The maximum atomic E-state index is 9.72. The van der Waals surface area contributed by atoms with Gasteiger partial charge in [0.25, 0.3) is 0 Å². The molecule has 0 spiro atoms. The molecule has 0 bridgehead atoms. The minimum absolute atomic E-state index is 0.234. The van der Waals surface area contributed by atoms with Gasteiger partial charge in [-0.1, -0.05) is 0 Å². The number of ether oxygens (including phenoxy) is 1. The molecule has 2 rings (SSSR count). The van der Waals surface area contributed by atoms with E-state index < -0.39 is 0 Å². The minimum atomic E-state index is -0.364. The summed E-state index contributed by atoms with van der Waals surface area (Å²) in [5.74, 6) is 0.937. The lowest BCUT2D eigenvalue weighted by molar-refractivity contribution is 0.405. The molecular formula is C10H12BrNO2. The van der Waals surface area contributed by atoms with Crippen molar-refractivity contribution >= 4 is 15.9 Å². The monoisotopic (exact) mass is 257 g/mol. The van der Waals surface area contributed by atoms with E-state index in [2.05, 4.69) is 15.9 Å². The van der Waals surface area contributed by atoms with Gasteiger partial charge in [0.05, 0.1) is 11.6 Å². The summed E-state index contributed by atoms with van der Waals surface area (Å²) in [6.07, 6.45) is 1.82. The van der Waals surface area contributed by atoms with Crippen LogP contribution < -0.4 is 10.5 Å².